The van der Waals surface area contributed by atoms with Crippen LogP contribution in [-0.4, -0.2) is 18.7 Å². The molecule has 1 aromatic carbocycles. The Morgan fingerprint density at radius 1 is 1.44 bits per heavy atom. The number of hydrogen-bond acceptors (Lipinski definition) is 3. The normalized spacial score (nSPS) is 16.8. The van der Waals surface area contributed by atoms with E-state index in [1.165, 1.54) is 7.11 Å². The van der Waals surface area contributed by atoms with E-state index >= 15 is 0 Å². The number of esters is 1. The molecule has 0 heterocycles. The summed E-state index contributed by atoms with van der Waals surface area (Å²) in [4.78, 5) is 11.4. The first-order valence-electron chi connectivity index (χ1n) is 6.07. The average Bonchev–Trinajstić information content (AvgIpc) is 2.30. The molecule has 0 atom stereocenters. The van der Waals surface area contributed by atoms with Crippen LogP contribution in [-0.2, 0) is 9.53 Å². The summed E-state index contributed by atoms with van der Waals surface area (Å²) in [6.45, 7) is 1.98. The summed E-state index contributed by atoms with van der Waals surface area (Å²) < 4.78 is 10.7. The van der Waals surface area contributed by atoms with Gasteiger partial charge in [-0.05, 0) is 43.9 Å². The van der Waals surface area contributed by atoms with Crippen molar-refractivity contribution in [2.75, 3.05) is 7.11 Å². The van der Waals surface area contributed by atoms with Crippen molar-refractivity contribution in [2.45, 2.75) is 38.2 Å². The molecule has 0 N–H and O–H groups in total. The first-order valence-corrected chi connectivity index (χ1v) is 6.44. The Hall–Kier alpha value is -1.22. The van der Waals surface area contributed by atoms with Crippen LogP contribution in [0.1, 0.15) is 31.2 Å². The molecule has 0 aliphatic heterocycles. The number of benzene rings is 1. The van der Waals surface area contributed by atoms with Crippen molar-refractivity contribution in [1.82, 2.24) is 0 Å². The molecule has 0 bridgehead atoms. The smallest absolute Gasteiger partial charge is 0.309 e. The molecule has 98 valence electrons. The minimum absolute atomic E-state index is 0.238. The van der Waals surface area contributed by atoms with E-state index in [9.17, 15) is 4.79 Å². The fourth-order valence-electron chi connectivity index (χ4n) is 2.14. The van der Waals surface area contributed by atoms with Gasteiger partial charge in [0.05, 0.1) is 18.6 Å². The van der Waals surface area contributed by atoms with Gasteiger partial charge in [0.25, 0.3) is 0 Å². The lowest BCUT2D eigenvalue weighted by molar-refractivity contribution is -0.148. The zero-order chi connectivity index (χ0) is 13.2. The fourth-order valence-corrected chi connectivity index (χ4v) is 2.30. The summed E-state index contributed by atoms with van der Waals surface area (Å²) in [6.07, 6.45) is 3.09. The Kier molecular flexibility index (Phi) is 3.81. The van der Waals surface area contributed by atoms with Crippen LogP contribution in [0.4, 0.5) is 0 Å². The van der Waals surface area contributed by atoms with Gasteiger partial charge in [-0.1, -0.05) is 17.7 Å². The van der Waals surface area contributed by atoms with Crippen molar-refractivity contribution in [3.8, 4) is 5.75 Å². The van der Waals surface area contributed by atoms with E-state index < -0.39 is 5.60 Å². The van der Waals surface area contributed by atoms with Crippen molar-refractivity contribution in [1.29, 1.82) is 0 Å². The lowest BCUT2D eigenvalue weighted by atomic mass is 9.77. The first-order chi connectivity index (χ1) is 8.54. The van der Waals surface area contributed by atoms with Crippen LogP contribution in [0, 0.1) is 6.92 Å². The number of aryl methyl sites for hydroxylation is 1. The maximum atomic E-state index is 11.4. The van der Waals surface area contributed by atoms with Crippen molar-refractivity contribution in [3.05, 3.63) is 28.8 Å². The van der Waals surface area contributed by atoms with Crippen molar-refractivity contribution in [3.63, 3.8) is 0 Å². The van der Waals surface area contributed by atoms with Gasteiger partial charge in [0.2, 0.25) is 0 Å². The topological polar surface area (TPSA) is 35.5 Å². The number of carbonyl (C=O) groups excluding carboxylic acids is 1. The molecule has 0 spiro atoms. The number of halogens is 1. The predicted molar refractivity (Wildman–Crippen MR) is 70.0 cm³/mol. The molecule has 3 nitrogen and oxygen atoms in total. The molecular weight excluding hydrogens is 252 g/mol. The lowest BCUT2D eigenvalue weighted by Crippen LogP contribution is -2.45. The summed E-state index contributed by atoms with van der Waals surface area (Å²) in [5.41, 5.74) is 0.659. The van der Waals surface area contributed by atoms with E-state index in [2.05, 4.69) is 0 Å². The molecule has 1 fully saturated rings. The summed E-state index contributed by atoms with van der Waals surface area (Å²) in [6, 6.07) is 5.65. The Morgan fingerprint density at radius 3 is 2.72 bits per heavy atom. The highest BCUT2D eigenvalue weighted by molar-refractivity contribution is 6.32. The van der Waals surface area contributed by atoms with Crippen LogP contribution in [0.3, 0.4) is 0 Å². The van der Waals surface area contributed by atoms with E-state index in [0.717, 1.165) is 24.8 Å². The number of ether oxygens (including phenoxy) is 2. The molecule has 0 aromatic heterocycles. The standard InChI is InChI=1S/C14H17ClO3/c1-10-4-5-11(15)12(8-10)18-14(6-3-7-14)9-13(16)17-2/h4-5,8H,3,6-7,9H2,1-2H3. The molecule has 1 aliphatic rings. The minimum Gasteiger partial charge on any atom is -0.485 e. The molecule has 1 aromatic rings. The highest BCUT2D eigenvalue weighted by atomic mass is 35.5. The fraction of sp³-hybridized carbons (Fsp3) is 0.500. The van der Waals surface area contributed by atoms with Gasteiger partial charge in [-0.3, -0.25) is 4.79 Å². The number of methoxy groups -OCH3 is 1. The molecule has 4 heteroatoms. The summed E-state index contributed by atoms with van der Waals surface area (Å²) in [5.74, 6) is 0.416. The van der Waals surface area contributed by atoms with Crippen LogP contribution in [0.25, 0.3) is 0 Å². The third kappa shape index (κ3) is 2.78. The second kappa shape index (κ2) is 5.19. The van der Waals surface area contributed by atoms with Crippen molar-refractivity contribution < 1.29 is 14.3 Å². The van der Waals surface area contributed by atoms with Gasteiger partial charge in [-0.25, -0.2) is 0 Å². The Balaban J connectivity index is 2.15. The maximum Gasteiger partial charge on any atom is 0.309 e. The summed E-state index contributed by atoms with van der Waals surface area (Å²) >= 11 is 6.11. The molecule has 1 aliphatic carbocycles. The van der Waals surface area contributed by atoms with E-state index in [0.29, 0.717) is 10.8 Å². The van der Waals surface area contributed by atoms with Gasteiger partial charge in [0, 0.05) is 0 Å². The molecule has 18 heavy (non-hydrogen) atoms. The van der Waals surface area contributed by atoms with Crippen LogP contribution in [0.2, 0.25) is 5.02 Å². The molecule has 0 saturated heterocycles. The van der Waals surface area contributed by atoms with E-state index in [4.69, 9.17) is 21.1 Å². The van der Waals surface area contributed by atoms with Crippen LogP contribution < -0.4 is 4.74 Å². The maximum absolute atomic E-state index is 11.4. The lowest BCUT2D eigenvalue weighted by Gasteiger charge is -2.41. The van der Waals surface area contributed by atoms with E-state index in [-0.39, 0.29) is 12.4 Å². The molecule has 0 unspecified atom stereocenters. The van der Waals surface area contributed by atoms with Gasteiger partial charge in [0.1, 0.15) is 11.4 Å². The van der Waals surface area contributed by atoms with Gasteiger partial charge >= 0.3 is 5.97 Å². The van der Waals surface area contributed by atoms with Crippen LogP contribution in [0.15, 0.2) is 18.2 Å². The molecule has 1 saturated carbocycles. The second-order valence-corrected chi connectivity index (χ2v) is 5.23. The van der Waals surface area contributed by atoms with Crippen molar-refractivity contribution >= 4 is 17.6 Å². The quantitative estimate of drug-likeness (QED) is 0.784. The first kappa shape index (κ1) is 13.2. The van der Waals surface area contributed by atoms with E-state index in [1.54, 1.807) is 0 Å². The van der Waals surface area contributed by atoms with Crippen LogP contribution >= 0.6 is 11.6 Å². The third-order valence-corrected chi connectivity index (χ3v) is 3.68. The highest BCUT2D eigenvalue weighted by Gasteiger charge is 2.42. The Morgan fingerprint density at radius 2 is 2.17 bits per heavy atom. The summed E-state index contributed by atoms with van der Waals surface area (Å²) in [5, 5.41) is 0.580. The van der Waals surface area contributed by atoms with E-state index in [1.807, 2.05) is 25.1 Å². The third-order valence-electron chi connectivity index (χ3n) is 3.37. The number of hydrogen-bond donors (Lipinski definition) is 0. The number of rotatable bonds is 4. The second-order valence-electron chi connectivity index (χ2n) is 4.83. The summed E-state index contributed by atoms with van der Waals surface area (Å²) in [7, 11) is 1.40. The monoisotopic (exact) mass is 268 g/mol. The SMILES string of the molecule is COC(=O)CC1(Oc2cc(C)ccc2Cl)CCC1. The zero-order valence-electron chi connectivity index (χ0n) is 10.7. The minimum atomic E-state index is -0.426. The molecule has 0 radical (unpaired) electrons. The predicted octanol–water partition coefficient (Wildman–Crippen LogP) is 3.51. The molecule has 2 rings (SSSR count). The van der Waals surface area contributed by atoms with Gasteiger partial charge in [0.15, 0.2) is 0 Å². The van der Waals surface area contributed by atoms with Gasteiger partial charge < -0.3 is 9.47 Å². The highest BCUT2D eigenvalue weighted by Crippen LogP contribution is 2.41. The van der Waals surface area contributed by atoms with Gasteiger partial charge in [-0.2, -0.15) is 0 Å². The number of carbonyl (C=O) groups is 1. The Labute approximate surface area is 112 Å². The van der Waals surface area contributed by atoms with Crippen molar-refractivity contribution in [2.24, 2.45) is 0 Å². The molecular formula is C14H17ClO3. The average molecular weight is 269 g/mol. The molecule has 0 amide bonds. The van der Waals surface area contributed by atoms with Crippen LogP contribution in [0.5, 0.6) is 5.75 Å². The Bertz CT molecular complexity index is 452. The zero-order valence-corrected chi connectivity index (χ0v) is 11.4. The largest absolute Gasteiger partial charge is 0.485 e. The van der Waals surface area contributed by atoms with Gasteiger partial charge in [-0.15, -0.1) is 0 Å².